The van der Waals surface area contributed by atoms with Crippen LogP contribution in [0.3, 0.4) is 0 Å². The summed E-state index contributed by atoms with van der Waals surface area (Å²) in [6, 6.07) is 9.34. The van der Waals surface area contributed by atoms with Gasteiger partial charge in [-0.25, -0.2) is 8.42 Å². The van der Waals surface area contributed by atoms with Crippen molar-refractivity contribution in [2.75, 3.05) is 19.0 Å². The van der Waals surface area contributed by atoms with Crippen molar-refractivity contribution in [2.24, 2.45) is 5.92 Å². The predicted molar refractivity (Wildman–Crippen MR) is 104 cm³/mol. The minimum Gasteiger partial charge on any atom is -0.480 e. The Balaban J connectivity index is 2.45. The third-order valence-electron chi connectivity index (χ3n) is 4.26. The van der Waals surface area contributed by atoms with E-state index in [2.05, 4.69) is 4.72 Å². The third kappa shape index (κ3) is 4.53. The van der Waals surface area contributed by atoms with Crippen molar-refractivity contribution in [1.82, 2.24) is 4.72 Å². The molecule has 0 saturated carbocycles. The van der Waals surface area contributed by atoms with Crippen LogP contribution in [0, 0.1) is 5.92 Å². The molecule has 7 heteroatoms. The SMILES string of the molecule is CC(C)CCC(NS(=O)(=O)c1cccc2c(N(C)C)cccc12)C(=O)O. The van der Waals surface area contributed by atoms with E-state index in [-0.39, 0.29) is 11.3 Å². The van der Waals surface area contributed by atoms with Crippen molar-refractivity contribution in [3.63, 3.8) is 0 Å². The summed E-state index contributed by atoms with van der Waals surface area (Å²) in [5.74, 6) is -0.870. The minimum absolute atomic E-state index is 0.0921. The molecule has 1 unspecified atom stereocenters. The summed E-state index contributed by atoms with van der Waals surface area (Å²) in [4.78, 5) is 13.5. The summed E-state index contributed by atoms with van der Waals surface area (Å²) in [7, 11) is -0.192. The number of carboxylic acids is 1. The van der Waals surface area contributed by atoms with Crippen molar-refractivity contribution in [2.45, 2.75) is 37.6 Å². The number of benzene rings is 2. The van der Waals surface area contributed by atoms with Gasteiger partial charge in [-0.05, 0) is 30.9 Å². The molecule has 26 heavy (non-hydrogen) atoms. The van der Waals surface area contributed by atoms with Gasteiger partial charge >= 0.3 is 5.97 Å². The number of sulfonamides is 1. The fraction of sp³-hybridized carbons (Fsp3) is 0.421. The highest BCUT2D eigenvalue weighted by Gasteiger charge is 2.26. The molecule has 0 aliphatic carbocycles. The predicted octanol–water partition coefficient (Wildman–Crippen LogP) is 3.07. The number of fused-ring (bicyclic) bond motifs is 1. The minimum atomic E-state index is -3.97. The van der Waals surface area contributed by atoms with Gasteiger partial charge in [0.25, 0.3) is 0 Å². The number of hydrogen-bond acceptors (Lipinski definition) is 4. The Hall–Kier alpha value is -2.12. The van der Waals surface area contributed by atoms with Gasteiger partial charge in [-0.15, -0.1) is 0 Å². The second-order valence-electron chi connectivity index (χ2n) is 7.01. The first-order chi connectivity index (χ1) is 12.1. The van der Waals surface area contributed by atoms with Gasteiger partial charge in [-0.2, -0.15) is 4.72 Å². The molecule has 0 fully saturated rings. The average Bonchev–Trinajstić information content (AvgIpc) is 2.56. The lowest BCUT2D eigenvalue weighted by molar-refractivity contribution is -0.139. The Kier molecular flexibility index (Phi) is 6.26. The van der Waals surface area contributed by atoms with Crippen LogP contribution in [0.25, 0.3) is 10.8 Å². The van der Waals surface area contributed by atoms with Gasteiger partial charge in [0.2, 0.25) is 10.0 Å². The molecule has 2 N–H and O–H groups in total. The van der Waals surface area contributed by atoms with Crippen LogP contribution in [0.1, 0.15) is 26.7 Å². The van der Waals surface area contributed by atoms with Gasteiger partial charge < -0.3 is 10.0 Å². The molecule has 0 aromatic heterocycles. The van der Waals surface area contributed by atoms with Gasteiger partial charge in [0, 0.05) is 30.6 Å². The smallest absolute Gasteiger partial charge is 0.321 e. The monoisotopic (exact) mass is 378 g/mol. The molecule has 0 spiro atoms. The zero-order chi connectivity index (χ0) is 19.5. The van der Waals surface area contributed by atoms with Crippen LogP contribution < -0.4 is 9.62 Å². The van der Waals surface area contributed by atoms with E-state index < -0.39 is 22.0 Å². The largest absolute Gasteiger partial charge is 0.480 e. The molecule has 0 aliphatic rings. The summed E-state index contributed by atoms with van der Waals surface area (Å²) in [6.45, 7) is 3.95. The molecule has 0 bridgehead atoms. The summed E-state index contributed by atoms with van der Waals surface area (Å²) in [5.41, 5.74) is 0.897. The van der Waals surface area contributed by atoms with Gasteiger partial charge in [0.05, 0.1) is 4.90 Å². The molecule has 0 saturated heterocycles. The lowest BCUT2D eigenvalue weighted by Crippen LogP contribution is -2.40. The number of aliphatic carboxylic acids is 1. The zero-order valence-corrected chi connectivity index (χ0v) is 16.4. The quantitative estimate of drug-likeness (QED) is 0.737. The van der Waals surface area contributed by atoms with E-state index in [0.29, 0.717) is 17.7 Å². The fourth-order valence-electron chi connectivity index (χ4n) is 2.87. The molecule has 2 aromatic rings. The van der Waals surface area contributed by atoms with Crippen LogP contribution in [0.4, 0.5) is 5.69 Å². The molecule has 0 heterocycles. The summed E-state index contributed by atoms with van der Waals surface area (Å²) in [6.07, 6.45) is 0.875. The molecule has 142 valence electrons. The fourth-order valence-corrected chi connectivity index (χ4v) is 4.32. The number of hydrogen-bond donors (Lipinski definition) is 2. The number of rotatable bonds is 8. The Bertz CT molecular complexity index is 892. The van der Waals surface area contributed by atoms with Crippen LogP contribution >= 0.6 is 0 Å². The zero-order valence-electron chi connectivity index (χ0n) is 15.6. The van der Waals surface area contributed by atoms with E-state index >= 15 is 0 Å². The van der Waals surface area contributed by atoms with Crippen molar-refractivity contribution in [3.05, 3.63) is 36.4 Å². The number of anilines is 1. The highest BCUT2D eigenvalue weighted by Crippen LogP contribution is 2.30. The van der Waals surface area contributed by atoms with Crippen molar-refractivity contribution < 1.29 is 18.3 Å². The topological polar surface area (TPSA) is 86.7 Å². The molecule has 1 atom stereocenters. The first-order valence-electron chi connectivity index (χ1n) is 8.57. The normalized spacial score (nSPS) is 13.1. The average molecular weight is 378 g/mol. The lowest BCUT2D eigenvalue weighted by atomic mass is 10.0. The van der Waals surface area contributed by atoms with E-state index in [1.165, 1.54) is 6.07 Å². The highest BCUT2D eigenvalue weighted by molar-refractivity contribution is 7.89. The van der Waals surface area contributed by atoms with Crippen LogP contribution in [0.2, 0.25) is 0 Å². The Labute approximate surface area is 154 Å². The van der Waals surface area contributed by atoms with E-state index in [4.69, 9.17) is 0 Å². The van der Waals surface area contributed by atoms with Crippen molar-refractivity contribution in [3.8, 4) is 0 Å². The number of nitrogens with zero attached hydrogens (tertiary/aromatic N) is 1. The summed E-state index contributed by atoms with van der Waals surface area (Å²) >= 11 is 0. The molecule has 2 aromatic carbocycles. The van der Waals surface area contributed by atoms with E-state index in [1.807, 2.05) is 45.0 Å². The Morgan fingerprint density at radius 1 is 1.08 bits per heavy atom. The van der Waals surface area contributed by atoms with Gasteiger partial charge in [0.1, 0.15) is 6.04 Å². The summed E-state index contributed by atoms with van der Waals surface area (Å²) < 4.78 is 28.2. The number of carboxylic acid groups (broad SMARTS) is 1. The first kappa shape index (κ1) is 20.2. The maximum absolute atomic E-state index is 12.9. The van der Waals surface area contributed by atoms with Crippen LogP contribution in [-0.2, 0) is 14.8 Å². The highest BCUT2D eigenvalue weighted by atomic mass is 32.2. The molecule has 0 aliphatic heterocycles. The molecule has 2 rings (SSSR count). The van der Waals surface area contributed by atoms with Crippen LogP contribution in [0.15, 0.2) is 41.3 Å². The molecule has 0 radical (unpaired) electrons. The first-order valence-corrected chi connectivity index (χ1v) is 10.1. The standard InChI is InChI=1S/C19H26N2O4S/c1-13(2)11-12-16(19(22)23)20-26(24,25)18-10-6-7-14-15(18)8-5-9-17(14)21(3)4/h5-10,13,16,20H,11-12H2,1-4H3,(H,22,23). The van der Waals surface area contributed by atoms with Crippen LogP contribution in [-0.4, -0.2) is 39.6 Å². The maximum Gasteiger partial charge on any atom is 0.321 e. The van der Waals surface area contributed by atoms with Crippen LogP contribution in [0.5, 0.6) is 0 Å². The van der Waals surface area contributed by atoms with E-state index in [1.54, 1.807) is 18.2 Å². The number of carbonyl (C=O) groups is 1. The summed E-state index contributed by atoms with van der Waals surface area (Å²) in [5, 5.41) is 10.8. The molecular formula is C19H26N2O4S. The second-order valence-corrected chi connectivity index (χ2v) is 8.69. The van der Waals surface area contributed by atoms with Crippen molar-refractivity contribution >= 4 is 32.5 Å². The Morgan fingerprint density at radius 3 is 2.27 bits per heavy atom. The van der Waals surface area contributed by atoms with E-state index in [0.717, 1.165) is 11.1 Å². The third-order valence-corrected chi connectivity index (χ3v) is 5.79. The van der Waals surface area contributed by atoms with E-state index in [9.17, 15) is 18.3 Å². The Morgan fingerprint density at radius 2 is 1.69 bits per heavy atom. The lowest BCUT2D eigenvalue weighted by Gasteiger charge is -2.19. The number of nitrogens with one attached hydrogen (secondary N) is 1. The molecule has 6 nitrogen and oxygen atoms in total. The molecule has 0 amide bonds. The van der Waals surface area contributed by atoms with Gasteiger partial charge in [-0.3, -0.25) is 4.79 Å². The second kappa shape index (κ2) is 8.05. The van der Waals surface area contributed by atoms with Gasteiger partial charge in [0.15, 0.2) is 0 Å². The van der Waals surface area contributed by atoms with Gasteiger partial charge in [-0.1, -0.05) is 38.1 Å². The maximum atomic E-state index is 12.9. The molecular weight excluding hydrogens is 352 g/mol. The van der Waals surface area contributed by atoms with Crippen molar-refractivity contribution in [1.29, 1.82) is 0 Å².